The standard InChI is InChI=1S/C22H22FN3O/c1-15-14-21(25-20-9-5-3-6-17(15)20)24-16-10-12-26(13-11-16)22(27)18-7-2-4-8-19(18)23/h2-9,14,16H,10-13H2,1H3,(H,24,25). The molecule has 1 saturated heterocycles. The highest BCUT2D eigenvalue weighted by Crippen LogP contribution is 2.23. The van der Waals surface area contributed by atoms with Gasteiger partial charge in [-0.05, 0) is 49.6 Å². The van der Waals surface area contributed by atoms with Gasteiger partial charge in [0.2, 0.25) is 0 Å². The minimum atomic E-state index is -0.460. The van der Waals surface area contributed by atoms with Crippen molar-refractivity contribution in [3.63, 3.8) is 0 Å². The summed E-state index contributed by atoms with van der Waals surface area (Å²) in [4.78, 5) is 19.0. The van der Waals surface area contributed by atoms with E-state index in [1.165, 1.54) is 11.6 Å². The Labute approximate surface area is 158 Å². The first kappa shape index (κ1) is 17.5. The van der Waals surface area contributed by atoms with E-state index in [9.17, 15) is 9.18 Å². The Bertz CT molecular complexity index is 980. The SMILES string of the molecule is Cc1cc(NC2CCN(C(=O)c3ccccc3F)CC2)nc2ccccc12. The topological polar surface area (TPSA) is 45.2 Å². The lowest BCUT2D eigenvalue weighted by atomic mass is 10.0. The summed E-state index contributed by atoms with van der Waals surface area (Å²) in [5, 5.41) is 4.66. The number of pyridine rings is 1. The van der Waals surface area contributed by atoms with Gasteiger partial charge in [-0.15, -0.1) is 0 Å². The van der Waals surface area contributed by atoms with Gasteiger partial charge in [-0.1, -0.05) is 30.3 Å². The molecule has 1 fully saturated rings. The van der Waals surface area contributed by atoms with Crippen molar-refractivity contribution in [1.29, 1.82) is 0 Å². The number of rotatable bonds is 3. The normalized spacial score (nSPS) is 15.1. The number of hydrogen-bond donors (Lipinski definition) is 1. The van der Waals surface area contributed by atoms with E-state index in [0.717, 1.165) is 29.6 Å². The van der Waals surface area contributed by atoms with Crippen LogP contribution >= 0.6 is 0 Å². The molecule has 0 aliphatic carbocycles. The molecule has 0 saturated carbocycles. The molecule has 1 N–H and O–H groups in total. The Balaban J connectivity index is 1.41. The van der Waals surface area contributed by atoms with Crippen LogP contribution in [0.1, 0.15) is 28.8 Å². The Morgan fingerprint density at radius 1 is 1.11 bits per heavy atom. The maximum atomic E-state index is 13.9. The second-order valence-corrected chi connectivity index (χ2v) is 7.03. The van der Waals surface area contributed by atoms with Crippen LogP contribution in [0.5, 0.6) is 0 Å². The van der Waals surface area contributed by atoms with Crippen molar-refractivity contribution in [2.75, 3.05) is 18.4 Å². The van der Waals surface area contributed by atoms with Gasteiger partial charge in [0.15, 0.2) is 0 Å². The first-order valence-electron chi connectivity index (χ1n) is 9.28. The highest BCUT2D eigenvalue weighted by Gasteiger charge is 2.25. The highest BCUT2D eigenvalue weighted by molar-refractivity contribution is 5.94. The summed E-state index contributed by atoms with van der Waals surface area (Å²) in [6.07, 6.45) is 1.63. The van der Waals surface area contributed by atoms with Crippen molar-refractivity contribution in [3.05, 3.63) is 71.5 Å². The zero-order valence-corrected chi connectivity index (χ0v) is 15.3. The molecule has 27 heavy (non-hydrogen) atoms. The number of likely N-dealkylation sites (tertiary alicyclic amines) is 1. The van der Waals surface area contributed by atoms with Gasteiger partial charge >= 0.3 is 0 Å². The van der Waals surface area contributed by atoms with E-state index in [4.69, 9.17) is 4.98 Å². The van der Waals surface area contributed by atoms with Gasteiger partial charge in [0.25, 0.3) is 5.91 Å². The maximum absolute atomic E-state index is 13.9. The molecule has 4 rings (SSSR count). The summed E-state index contributed by atoms with van der Waals surface area (Å²) < 4.78 is 13.9. The molecule has 2 aromatic carbocycles. The lowest BCUT2D eigenvalue weighted by molar-refractivity contribution is 0.0713. The van der Waals surface area contributed by atoms with Crippen molar-refractivity contribution in [2.45, 2.75) is 25.8 Å². The molecule has 1 aliphatic rings. The number of para-hydroxylation sites is 1. The number of halogens is 1. The monoisotopic (exact) mass is 363 g/mol. The minimum Gasteiger partial charge on any atom is -0.367 e. The summed E-state index contributed by atoms with van der Waals surface area (Å²) in [7, 11) is 0. The largest absolute Gasteiger partial charge is 0.367 e. The fourth-order valence-corrected chi connectivity index (χ4v) is 3.66. The third-order valence-corrected chi connectivity index (χ3v) is 5.16. The van der Waals surface area contributed by atoms with Crippen LogP contribution in [0.3, 0.4) is 0 Å². The first-order chi connectivity index (χ1) is 13.1. The molecule has 0 atom stereocenters. The zero-order valence-electron chi connectivity index (χ0n) is 15.3. The summed E-state index contributed by atoms with van der Waals surface area (Å²) in [5.74, 6) is 0.176. The van der Waals surface area contributed by atoms with Crippen molar-refractivity contribution < 1.29 is 9.18 Å². The van der Waals surface area contributed by atoms with E-state index in [1.807, 2.05) is 18.2 Å². The zero-order chi connectivity index (χ0) is 18.8. The molecule has 0 unspecified atom stereocenters. The van der Waals surface area contributed by atoms with Crippen LogP contribution in [0, 0.1) is 12.7 Å². The van der Waals surface area contributed by atoms with Gasteiger partial charge in [-0.2, -0.15) is 0 Å². The number of benzene rings is 2. The van der Waals surface area contributed by atoms with Crippen LogP contribution < -0.4 is 5.32 Å². The molecule has 138 valence electrons. The molecule has 0 spiro atoms. The maximum Gasteiger partial charge on any atom is 0.256 e. The van der Waals surface area contributed by atoms with Crippen molar-refractivity contribution in [2.24, 2.45) is 0 Å². The molecule has 1 aliphatic heterocycles. The second-order valence-electron chi connectivity index (χ2n) is 7.03. The number of aromatic nitrogens is 1. The molecule has 3 aromatic rings. The number of fused-ring (bicyclic) bond motifs is 1. The Morgan fingerprint density at radius 3 is 2.59 bits per heavy atom. The number of aryl methyl sites for hydroxylation is 1. The van der Waals surface area contributed by atoms with E-state index >= 15 is 0 Å². The van der Waals surface area contributed by atoms with Gasteiger partial charge in [0, 0.05) is 24.5 Å². The van der Waals surface area contributed by atoms with Gasteiger partial charge in [-0.3, -0.25) is 4.79 Å². The summed E-state index contributed by atoms with van der Waals surface area (Å²) in [6.45, 7) is 3.31. The van der Waals surface area contributed by atoms with E-state index in [2.05, 4.69) is 24.4 Å². The molecule has 5 heteroatoms. The third-order valence-electron chi connectivity index (χ3n) is 5.16. The van der Waals surface area contributed by atoms with Crippen LogP contribution in [0.2, 0.25) is 0 Å². The predicted molar refractivity (Wildman–Crippen MR) is 105 cm³/mol. The summed E-state index contributed by atoms with van der Waals surface area (Å²) >= 11 is 0. The van der Waals surface area contributed by atoms with Crippen molar-refractivity contribution in [3.8, 4) is 0 Å². The fraction of sp³-hybridized carbons (Fsp3) is 0.273. The number of piperidine rings is 1. The number of anilines is 1. The van der Waals surface area contributed by atoms with Crippen LogP contribution in [-0.4, -0.2) is 34.9 Å². The smallest absolute Gasteiger partial charge is 0.256 e. The molecule has 0 radical (unpaired) electrons. The fourth-order valence-electron chi connectivity index (χ4n) is 3.66. The number of amides is 1. The van der Waals surface area contributed by atoms with Crippen LogP contribution in [0.4, 0.5) is 10.2 Å². The Hall–Kier alpha value is -2.95. The molecule has 4 nitrogen and oxygen atoms in total. The summed E-state index contributed by atoms with van der Waals surface area (Å²) in [6, 6.07) is 16.6. The quantitative estimate of drug-likeness (QED) is 0.750. The number of carbonyl (C=O) groups excluding carboxylic acids is 1. The number of carbonyl (C=O) groups is 1. The van der Waals surface area contributed by atoms with E-state index in [1.54, 1.807) is 23.1 Å². The van der Waals surface area contributed by atoms with Gasteiger partial charge in [-0.25, -0.2) is 9.37 Å². The predicted octanol–water partition coefficient (Wildman–Crippen LogP) is 4.40. The van der Waals surface area contributed by atoms with Gasteiger partial charge in [0.1, 0.15) is 11.6 Å². The molecular weight excluding hydrogens is 341 g/mol. The van der Waals surface area contributed by atoms with E-state index in [-0.39, 0.29) is 17.5 Å². The lowest BCUT2D eigenvalue weighted by Gasteiger charge is -2.32. The lowest BCUT2D eigenvalue weighted by Crippen LogP contribution is -2.42. The van der Waals surface area contributed by atoms with E-state index in [0.29, 0.717) is 13.1 Å². The van der Waals surface area contributed by atoms with Crippen LogP contribution in [0.25, 0.3) is 10.9 Å². The van der Waals surface area contributed by atoms with Crippen molar-refractivity contribution in [1.82, 2.24) is 9.88 Å². The van der Waals surface area contributed by atoms with Gasteiger partial charge in [0.05, 0.1) is 11.1 Å². The second kappa shape index (κ2) is 7.35. The highest BCUT2D eigenvalue weighted by atomic mass is 19.1. The number of nitrogens with zero attached hydrogens (tertiary/aromatic N) is 2. The van der Waals surface area contributed by atoms with Crippen molar-refractivity contribution >= 4 is 22.6 Å². The van der Waals surface area contributed by atoms with Crippen LogP contribution in [0.15, 0.2) is 54.6 Å². The van der Waals surface area contributed by atoms with E-state index < -0.39 is 5.82 Å². The Kier molecular flexibility index (Phi) is 4.75. The molecule has 1 aromatic heterocycles. The van der Waals surface area contributed by atoms with Gasteiger partial charge < -0.3 is 10.2 Å². The molecular formula is C22H22FN3O. The minimum absolute atomic E-state index is 0.149. The third kappa shape index (κ3) is 3.63. The number of hydrogen-bond acceptors (Lipinski definition) is 3. The molecule has 1 amide bonds. The first-order valence-corrected chi connectivity index (χ1v) is 9.28. The van der Waals surface area contributed by atoms with Crippen LogP contribution in [-0.2, 0) is 0 Å². The Morgan fingerprint density at radius 2 is 1.81 bits per heavy atom. The summed E-state index contributed by atoms with van der Waals surface area (Å²) in [5.41, 5.74) is 2.32. The average molecular weight is 363 g/mol. The molecule has 0 bridgehead atoms. The average Bonchev–Trinajstić information content (AvgIpc) is 2.68. The number of nitrogens with one attached hydrogen (secondary N) is 1. The molecule has 2 heterocycles.